The number of thioether (sulfide) groups is 1. The molecule has 0 unspecified atom stereocenters. The maximum absolute atomic E-state index is 11.9. The number of nitrogens with one attached hydrogen (secondary N) is 3. The van der Waals surface area contributed by atoms with Gasteiger partial charge in [0.1, 0.15) is 0 Å². The van der Waals surface area contributed by atoms with Crippen molar-refractivity contribution < 1.29 is 14.3 Å². The molecule has 2 aromatic carbocycles. The van der Waals surface area contributed by atoms with Gasteiger partial charge in [0.05, 0.1) is 17.1 Å². The molecule has 0 saturated carbocycles. The minimum Gasteiger partial charge on any atom is -0.385 e. The van der Waals surface area contributed by atoms with Crippen molar-refractivity contribution in [1.82, 2.24) is 10.6 Å². The Morgan fingerprint density at radius 2 is 2.04 bits per heavy atom. The number of urea groups is 1. The highest BCUT2D eigenvalue weighted by molar-refractivity contribution is 8.14. The summed E-state index contributed by atoms with van der Waals surface area (Å²) in [5.74, 6) is -0.282. The van der Waals surface area contributed by atoms with Crippen molar-refractivity contribution in [2.24, 2.45) is 4.99 Å². The second-order valence-corrected chi connectivity index (χ2v) is 6.63. The number of methoxy groups -OCH3 is 1. The van der Waals surface area contributed by atoms with Crippen LogP contribution in [-0.2, 0) is 9.53 Å². The van der Waals surface area contributed by atoms with Gasteiger partial charge in [0.2, 0.25) is 5.91 Å². The zero-order chi connectivity index (χ0) is 18.4. The third-order valence-electron chi connectivity index (χ3n) is 3.75. The molecule has 1 aliphatic rings. The lowest BCUT2D eigenvalue weighted by Crippen LogP contribution is -2.41. The fraction of sp³-hybridized carbons (Fsp3) is 0.278. The van der Waals surface area contributed by atoms with E-state index in [9.17, 15) is 9.59 Å². The molecule has 0 spiro atoms. The van der Waals surface area contributed by atoms with Crippen LogP contribution in [-0.4, -0.2) is 43.1 Å². The van der Waals surface area contributed by atoms with Gasteiger partial charge in [-0.3, -0.25) is 10.1 Å². The fourth-order valence-electron chi connectivity index (χ4n) is 2.60. The van der Waals surface area contributed by atoms with Crippen molar-refractivity contribution in [3.05, 3.63) is 36.4 Å². The van der Waals surface area contributed by atoms with Gasteiger partial charge in [-0.05, 0) is 23.9 Å². The Kier molecular flexibility index (Phi) is 6.08. The number of imide groups is 1. The maximum atomic E-state index is 11.9. The van der Waals surface area contributed by atoms with Crippen molar-refractivity contribution in [2.75, 3.05) is 31.3 Å². The van der Waals surface area contributed by atoms with Gasteiger partial charge in [0, 0.05) is 25.6 Å². The molecule has 0 radical (unpaired) electrons. The number of benzene rings is 2. The highest BCUT2D eigenvalue weighted by atomic mass is 32.2. The van der Waals surface area contributed by atoms with E-state index < -0.39 is 6.03 Å². The van der Waals surface area contributed by atoms with Gasteiger partial charge in [0.15, 0.2) is 5.17 Å². The molecule has 0 fully saturated rings. The van der Waals surface area contributed by atoms with Gasteiger partial charge < -0.3 is 15.4 Å². The summed E-state index contributed by atoms with van der Waals surface area (Å²) in [5, 5.41) is 11.0. The van der Waals surface area contributed by atoms with Crippen LogP contribution in [0, 0.1) is 0 Å². The average molecular weight is 372 g/mol. The van der Waals surface area contributed by atoms with Crippen LogP contribution < -0.4 is 16.0 Å². The predicted molar refractivity (Wildman–Crippen MR) is 105 cm³/mol. The molecule has 0 saturated heterocycles. The third kappa shape index (κ3) is 4.53. The van der Waals surface area contributed by atoms with Crippen LogP contribution in [0.25, 0.3) is 10.8 Å². The van der Waals surface area contributed by atoms with E-state index in [2.05, 4.69) is 20.9 Å². The number of ether oxygens (including phenoxy) is 1. The van der Waals surface area contributed by atoms with Gasteiger partial charge in [-0.1, -0.05) is 36.0 Å². The van der Waals surface area contributed by atoms with Crippen molar-refractivity contribution >= 4 is 51.0 Å². The van der Waals surface area contributed by atoms with Crippen molar-refractivity contribution in [2.45, 2.75) is 6.42 Å². The molecule has 3 amide bonds. The molecule has 7 nitrogen and oxygen atoms in total. The fourth-order valence-corrected chi connectivity index (χ4v) is 3.28. The molecule has 136 valence electrons. The van der Waals surface area contributed by atoms with Crippen molar-refractivity contribution in [3.63, 3.8) is 0 Å². The number of hydrogen-bond donors (Lipinski definition) is 3. The van der Waals surface area contributed by atoms with E-state index in [1.165, 1.54) is 11.8 Å². The number of amides is 3. The molecule has 0 bridgehead atoms. The lowest BCUT2D eigenvalue weighted by molar-refractivity contribution is -0.117. The highest BCUT2D eigenvalue weighted by Crippen LogP contribution is 2.36. The van der Waals surface area contributed by atoms with Gasteiger partial charge in [0.25, 0.3) is 0 Å². The predicted octanol–water partition coefficient (Wildman–Crippen LogP) is 2.85. The molecular formula is C18H20N4O3S. The number of carbonyl (C=O) groups is 2. The summed E-state index contributed by atoms with van der Waals surface area (Å²) < 4.78 is 4.89. The smallest absolute Gasteiger partial charge is 0.321 e. The summed E-state index contributed by atoms with van der Waals surface area (Å²) in [4.78, 5) is 28.1. The van der Waals surface area contributed by atoms with Crippen LogP contribution in [0.3, 0.4) is 0 Å². The van der Waals surface area contributed by atoms with E-state index in [-0.39, 0.29) is 11.7 Å². The number of nitrogens with zero attached hydrogens (tertiary/aromatic N) is 1. The maximum Gasteiger partial charge on any atom is 0.321 e. The quantitative estimate of drug-likeness (QED) is 0.678. The molecule has 1 heterocycles. The Hall–Kier alpha value is -2.58. The van der Waals surface area contributed by atoms with Gasteiger partial charge >= 0.3 is 6.03 Å². The molecule has 1 aliphatic heterocycles. The Morgan fingerprint density at radius 1 is 1.23 bits per heavy atom. The summed E-state index contributed by atoms with van der Waals surface area (Å²) in [6.07, 6.45) is 0.693. The Morgan fingerprint density at radius 3 is 2.85 bits per heavy atom. The van der Waals surface area contributed by atoms with Crippen LogP contribution in [0.2, 0.25) is 0 Å². The Balaban J connectivity index is 1.52. The van der Waals surface area contributed by atoms with Gasteiger partial charge in [-0.2, -0.15) is 0 Å². The van der Waals surface area contributed by atoms with Gasteiger partial charge in [-0.25, -0.2) is 9.79 Å². The van der Waals surface area contributed by atoms with Gasteiger partial charge in [-0.15, -0.1) is 0 Å². The molecule has 26 heavy (non-hydrogen) atoms. The SMILES string of the molecule is COCCCNC(=O)NC(=O)CSC1=Nc2cccc3cccc(c23)N1. The number of rotatable bonds is 6. The normalized spacial score (nSPS) is 12.3. The summed E-state index contributed by atoms with van der Waals surface area (Å²) in [6.45, 7) is 1.01. The van der Waals surface area contributed by atoms with Crippen LogP contribution in [0.15, 0.2) is 41.4 Å². The first-order valence-electron chi connectivity index (χ1n) is 8.24. The van der Waals surface area contributed by atoms with Crippen LogP contribution in [0.5, 0.6) is 0 Å². The summed E-state index contributed by atoms with van der Waals surface area (Å²) in [7, 11) is 1.60. The number of carbonyl (C=O) groups excluding carboxylic acids is 2. The monoisotopic (exact) mass is 372 g/mol. The second kappa shape index (κ2) is 8.68. The third-order valence-corrected chi connectivity index (χ3v) is 4.62. The van der Waals surface area contributed by atoms with E-state index in [0.717, 1.165) is 22.1 Å². The minimum atomic E-state index is -0.500. The van der Waals surface area contributed by atoms with Crippen molar-refractivity contribution in [1.29, 1.82) is 0 Å². The minimum absolute atomic E-state index is 0.0927. The summed E-state index contributed by atoms with van der Waals surface area (Å²) >= 11 is 1.25. The molecule has 0 aliphatic carbocycles. The highest BCUT2D eigenvalue weighted by Gasteiger charge is 2.16. The molecule has 0 atom stereocenters. The number of anilines is 1. The number of hydrogen-bond acceptors (Lipinski definition) is 6. The zero-order valence-electron chi connectivity index (χ0n) is 14.4. The van der Waals surface area contributed by atoms with E-state index >= 15 is 0 Å². The Bertz CT molecular complexity index is 848. The number of aliphatic imine (C=N–C) groups is 1. The van der Waals surface area contributed by atoms with E-state index in [1.807, 2.05) is 36.4 Å². The first-order chi connectivity index (χ1) is 12.7. The molecule has 3 rings (SSSR count). The van der Waals surface area contributed by atoms with E-state index in [0.29, 0.717) is 24.7 Å². The second-order valence-electron chi connectivity index (χ2n) is 5.66. The standard InChI is InChI=1S/C18H20N4O3S/c1-25-10-4-9-19-17(24)22-15(23)11-26-18-20-13-7-2-5-12-6-3-8-14(21-18)16(12)13/h2-3,5-8H,4,9-11H2,1H3,(H,20,21)(H2,19,22,23,24). The van der Waals surface area contributed by atoms with Crippen LogP contribution in [0.4, 0.5) is 16.2 Å². The molecule has 8 heteroatoms. The zero-order valence-corrected chi connectivity index (χ0v) is 15.2. The first-order valence-corrected chi connectivity index (χ1v) is 9.23. The van der Waals surface area contributed by atoms with Crippen LogP contribution in [0.1, 0.15) is 6.42 Å². The summed E-state index contributed by atoms with van der Waals surface area (Å²) in [5.41, 5.74) is 1.84. The van der Waals surface area contributed by atoms with E-state index in [4.69, 9.17) is 4.74 Å². The topological polar surface area (TPSA) is 91.8 Å². The Labute approximate surface area is 155 Å². The summed E-state index contributed by atoms with van der Waals surface area (Å²) in [6, 6.07) is 11.4. The van der Waals surface area contributed by atoms with E-state index in [1.54, 1.807) is 7.11 Å². The van der Waals surface area contributed by atoms with Crippen molar-refractivity contribution in [3.8, 4) is 0 Å². The number of amidine groups is 1. The van der Waals surface area contributed by atoms with Crippen LogP contribution >= 0.6 is 11.8 Å². The molecule has 2 aromatic rings. The molecular weight excluding hydrogens is 352 g/mol. The molecule has 0 aromatic heterocycles. The largest absolute Gasteiger partial charge is 0.385 e. The lowest BCUT2D eigenvalue weighted by atomic mass is 10.1. The lowest BCUT2D eigenvalue weighted by Gasteiger charge is -2.18. The average Bonchev–Trinajstić information content (AvgIpc) is 2.64. The molecule has 3 N–H and O–H groups in total. The first kappa shape index (κ1) is 18.2.